The van der Waals surface area contributed by atoms with Crippen molar-refractivity contribution in [2.75, 3.05) is 13.7 Å². The number of fused-ring (bicyclic) bond motifs is 2. The maximum Gasteiger partial charge on any atom is 0.252 e. The van der Waals surface area contributed by atoms with E-state index in [9.17, 15) is 4.79 Å². The second-order valence-electron chi connectivity index (χ2n) is 6.19. The first-order chi connectivity index (χ1) is 13.2. The first-order valence-corrected chi connectivity index (χ1v) is 8.59. The number of ether oxygens (including phenoxy) is 1. The van der Waals surface area contributed by atoms with E-state index in [4.69, 9.17) is 4.74 Å². The van der Waals surface area contributed by atoms with E-state index in [2.05, 4.69) is 25.5 Å². The summed E-state index contributed by atoms with van der Waals surface area (Å²) in [5, 5.41) is 12.3. The van der Waals surface area contributed by atoms with E-state index in [1.807, 2.05) is 19.3 Å². The number of methoxy groups -OCH3 is 1. The summed E-state index contributed by atoms with van der Waals surface area (Å²) in [4.78, 5) is 20.6. The fraction of sp³-hybridized carbons (Fsp3) is 0.278. The minimum atomic E-state index is -0.119. The Bertz CT molecular complexity index is 1120. The number of carbonyl (C=O) groups excluding carboxylic acids is 1. The Hall–Kier alpha value is -3.49. The van der Waals surface area contributed by atoms with Crippen LogP contribution in [0, 0.1) is 0 Å². The largest absolute Gasteiger partial charge is 0.481 e. The number of hydrogen-bond donors (Lipinski definition) is 1. The first-order valence-electron chi connectivity index (χ1n) is 8.59. The SMILES string of the molecule is COc1c2ccc(C(=O)NCCCc3cnc4ncnn4c3)cc2nn1C. The fourth-order valence-electron chi connectivity index (χ4n) is 3.04. The molecule has 1 aromatic carbocycles. The summed E-state index contributed by atoms with van der Waals surface area (Å²) >= 11 is 0. The number of benzene rings is 1. The fourth-order valence-corrected chi connectivity index (χ4v) is 3.04. The molecule has 0 spiro atoms. The number of aromatic nitrogens is 6. The van der Waals surface area contributed by atoms with Gasteiger partial charge in [0.05, 0.1) is 18.0 Å². The molecule has 138 valence electrons. The zero-order valence-electron chi connectivity index (χ0n) is 15.1. The molecule has 4 aromatic rings. The molecule has 0 bridgehead atoms. The van der Waals surface area contributed by atoms with Crippen molar-refractivity contribution < 1.29 is 9.53 Å². The van der Waals surface area contributed by atoms with Crippen LogP contribution >= 0.6 is 0 Å². The molecule has 9 heteroatoms. The lowest BCUT2D eigenvalue weighted by molar-refractivity contribution is 0.0953. The summed E-state index contributed by atoms with van der Waals surface area (Å²) < 4.78 is 8.63. The van der Waals surface area contributed by atoms with Crippen LogP contribution in [0.15, 0.2) is 36.9 Å². The van der Waals surface area contributed by atoms with E-state index >= 15 is 0 Å². The van der Waals surface area contributed by atoms with Gasteiger partial charge >= 0.3 is 0 Å². The number of amides is 1. The highest BCUT2D eigenvalue weighted by Crippen LogP contribution is 2.25. The highest BCUT2D eigenvalue weighted by Gasteiger charge is 2.12. The van der Waals surface area contributed by atoms with Crippen LogP contribution in [0.1, 0.15) is 22.3 Å². The lowest BCUT2D eigenvalue weighted by Gasteiger charge is -2.06. The highest BCUT2D eigenvalue weighted by molar-refractivity contribution is 5.98. The number of nitrogens with one attached hydrogen (secondary N) is 1. The van der Waals surface area contributed by atoms with Gasteiger partial charge in [0, 0.05) is 31.5 Å². The molecule has 1 amide bonds. The molecule has 0 radical (unpaired) electrons. The molecule has 0 aliphatic heterocycles. The van der Waals surface area contributed by atoms with Crippen molar-refractivity contribution in [3.05, 3.63) is 48.0 Å². The van der Waals surface area contributed by atoms with Gasteiger partial charge in [-0.15, -0.1) is 0 Å². The van der Waals surface area contributed by atoms with Crippen molar-refractivity contribution in [3.8, 4) is 5.88 Å². The van der Waals surface area contributed by atoms with E-state index in [1.165, 1.54) is 6.33 Å². The van der Waals surface area contributed by atoms with Gasteiger partial charge in [-0.1, -0.05) is 0 Å². The lowest BCUT2D eigenvalue weighted by atomic mass is 10.1. The van der Waals surface area contributed by atoms with Crippen molar-refractivity contribution in [1.82, 2.24) is 34.7 Å². The third-order valence-corrected chi connectivity index (χ3v) is 4.35. The summed E-state index contributed by atoms with van der Waals surface area (Å²) in [6.45, 7) is 0.567. The smallest absolute Gasteiger partial charge is 0.252 e. The molecule has 0 unspecified atom stereocenters. The summed E-state index contributed by atoms with van der Waals surface area (Å²) in [6, 6.07) is 5.41. The van der Waals surface area contributed by atoms with Crippen LogP contribution in [0.3, 0.4) is 0 Å². The van der Waals surface area contributed by atoms with E-state index < -0.39 is 0 Å². The quantitative estimate of drug-likeness (QED) is 0.518. The topological polar surface area (TPSA) is 99.2 Å². The number of hydrogen-bond acceptors (Lipinski definition) is 6. The Kier molecular flexibility index (Phi) is 4.41. The molecule has 0 aliphatic carbocycles. The van der Waals surface area contributed by atoms with Crippen LogP contribution in [0.25, 0.3) is 16.7 Å². The number of carbonyl (C=O) groups is 1. The lowest BCUT2D eigenvalue weighted by Crippen LogP contribution is -2.24. The van der Waals surface area contributed by atoms with Gasteiger partial charge in [0.1, 0.15) is 6.33 Å². The second-order valence-corrected chi connectivity index (χ2v) is 6.19. The minimum Gasteiger partial charge on any atom is -0.481 e. The molecule has 9 nitrogen and oxygen atoms in total. The highest BCUT2D eigenvalue weighted by atomic mass is 16.5. The van der Waals surface area contributed by atoms with E-state index in [0.717, 1.165) is 29.3 Å². The van der Waals surface area contributed by atoms with Gasteiger partial charge in [-0.05, 0) is 36.6 Å². The normalized spacial score (nSPS) is 11.2. The number of aryl methyl sites for hydroxylation is 2. The Morgan fingerprint density at radius 1 is 1.30 bits per heavy atom. The monoisotopic (exact) mass is 365 g/mol. The van der Waals surface area contributed by atoms with Crippen LogP contribution < -0.4 is 10.1 Å². The molecule has 4 rings (SSSR count). The van der Waals surface area contributed by atoms with Gasteiger partial charge in [0.2, 0.25) is 5.88 Å². The van der Waals surface area contributed by atoms with Crippen LogP contribution in [0.5, 0.6) is 5.88 Å². The van der Waals surface area contributed by atoms with E-state index in [0.29, 0.717) is 23.8 Å². The summed E-state index contributed by atoms with van der Waals surface area (Å²) in [7, 11) is 3.41. The molecule has 0 saturated carbocycles. The maximum absolute atomic E-state index is 12.4. The Labute approximate surface area is 155 Å². The zero-order valence-corrected chi connectivity index (χ0v) is 15.1. The van der Waals surface area contributed by atoms with Crippen LogP contribution in [-0.2, 0) is 13.5 Å². The van der Waals surface area contributed by atoms with Crippen molar-refractivity contribution in [2.24, 2.45) is 7.05 Å². The van der Waals surface area contributed by atoms with Crippen molar-refractivity contribution in [2.45, 2.75) is 12.8 Å². The van der Waals surface area contributed by atoms with Gasteiger partial charge in [0.15, 0.2) is 0 Å². The molecule has 0 fully saturated rings. The molecular weight excluding hydrogens is 346 g/mol. The maximum atomic E-state index is 12.4. The molecular formula is C18H19N7O2. The molecule has 0 saturated heterocycles. The van der Waals surface area contributed by atoms with E-state index in [1.54, 1.807) is 34.6 Å². The van der Waals surface area contributed by atoms with Gasteiger partial charge in [-0.25, -0.2) is 14.2 Å². The Morgan fingerprint density at radius 2 is 2.19 bits per heavy atom. The first kappa shape index (κ1) is 17.0. The van der Waals surface area contributed by atoms with Gasteiger partial charge in [0.25, 0.3) is 11.7 Å². The van der Waals surface area contributed by atoms with Crippen molar-refractivity contribution >= 4 is 22.6 Å². The third kappa shape index (κ3) is 3.31. The van der Waals surface area contributed by atoms with Gasteiger partial charge < -0.3 is 10.1 Å². The van der Waals surface area contributed by atoms with Gasteiger partial charge in [-0.3, -0.25) is 4.79 Å². The average Bonchev–Trinajstić information content (AvgIpc) is 3.26. The molecule has 27 heavy (non-hydrogen) atoms. The van der Waals surface area contributed by atoms with Crippen molar-refractivity contribution in [1.29, 1.82) is 0 Å². The number of rotatable bonds is 6. The molecule has 3 aromatic heterocycles. The van der Waals surface area contributed by atoms with Crippen molar-refractivity contribution in [3.63, 3.8) is 0 Å². The second kappa shape index (κ2) is 7.02. The van der Waals surface area contributed by atoms with Crippen LogP contribution in [0.4, 0.5) is 0 Å². The molecule has 1 N–H and O–H groups in total. The Morgan fingerprint density at radius 3 is 3.04 bits per heavy atom. The molecule has 0 atom stereocenters. The van der Waals surface area contributed by atoms with E-state index in [-0.39, 0.29) is 5.91 Å². The standard InChI is InChI=1S/C18H19N7O2/c1-24-17(27-2)14-6-5-13(8-15(14)23-24)16(26)19-7-3-4-12-9-20-18-21-11-22-25(18)10-12/h5-6,8-11H,3-4,7H2,1-2H3,(H,19,26). The Balaban J connectivity index is 1.35. The zero-order chi connectivity index (χ0) is 18.8. The van der Waals surface area contributed by atoms with Crippen LogP contribution in [0.2, 0.25) is 0 Å². The predicted molar refractivity (Wildman–Crippen MR) is 98.7 cm³/mol. The summed E-state index contributed by atoms with van der Waals surface area (Å²) in [5.41, 5.74) is 2.35. The molecule has 0 aliphatic rings. The molecule has 3 heterocycles. The van der Waals surface area contributed by atoms with Gasteiger partial charge in [-0.2, -0.15) is 15.2 Å². The summed E-state index contributed by atoms with van der Waals surface area (Å²) in [6.07, 6.45) is 6.75. The predicted octanol–water partition coefficient (Wildman–Crippen LogP) is 1.38. The third-order valence-electron chi connectivity index (χ3n) is 4.35. The summed E-state index contributed by atoms with van der Waals surface area (Å²) in [5.74, 6) is 1.13. The average molecular weight is 365 g/mol. The number of nitrogens with zero attached hydrogens (tertiary/aromatic N) is 6. The minimum absolute atomic E-state index is 0.119. The van der Waals surface area contributed by atoms with Crippen LogP contribution in [-0.4, -0.2) is 48.9 Å².